The number of piperidine rings is 1. The van der Waals surface area contributed by atoms with Crippen molar-refractivity contribution in [1.82, 2.24) is 9.80 Å². The van der Waals surface area contributed by atoms with Gasteiger partial charge in [-0.1, -0.05) is 6.42 Å². The van der Waals surface area contributed by atoms with E-state index in [9.17, 15) is 22.8 Å². The Morgan fingerprint density at radius 3 is 2.25 bits per heavy atom. The minimum Gasteiger partial charge on any atom is -0.342 e. The normalized spacial score (nSPS) is 25.3. The molecule has 0 aromatic heterocycles. The van der Waals surface area contributed by atoms with Crippen molar-refractivity contribution < 1.29 is 22.8 Å². The topological polar surface area (TPSA) is 40.6 Å². The Hall–Kier alpha value is -1.27. The van der Waals surface area contributed by atoms with Crippen LogP contribution in [0.2, 0.25) is 0 Å². The van der Waals surface area contributed by atoms with E-state index in [1.807, 2.05) is 0 Å². The van der Waals surface area contributed by atoms with E-state index in [1.54, 1.807) is 4.90 Å². The lowest BCUT2D eigenvalue weighted by atomic mass is 9.84. The number of likely N-dealkylation sites (tertiary alicyclic amines) is 1. The number of alkyl halides is 3. The number of carbonyl (C=O) groups is 2. The molecule has 2 saturated carbocycles. The Morgan fingerprint density at radius 1 is 1.00 bits per heavy atom. The van der Waals surface area contributed by atoms with Gasteiger partial charge in [0.15, 0.2) is 0 Å². The predicted molar refractivity (Wildman–Crippen MR) is 82.0 cm³/mol. The van der Waals surface area contributed by atoms with Gasteiger partial charge in [-0.25, -0.2) is 0 Å². The smallest absolute Gasteiger partial charge is 0.342 e. The molecule has 3 rings (SSSR count). The summed E-state index contributed by atoms with van der Waals surface area (Å²) in [5, 5.41) is 0. The third-order valence-corrected chi connectivity index (χ3v) is 5.39. The molecule has 0 aromatic rings. The van der Waals surface area contributed by atoms with Crippen LogP contribution in [0.4, 0.5) is 13.2 Å². The van der Waals surface area contributed by atoms with Gasteiger partial charge in [0.05, 0.1) is 5.92 Å². The Bertz CT molecular complexity index is 487. The summed E-state index contributed by atoms with van der Waals surface area (Å²) in [6.07, 6.45) is 1.52. The molecule has 0 bridgehead atoms. The summed E-state index contributed by atoms with van der Waals surface area (Å²) in [7, 11) is 0. The van der Waals surface area contributed by atoms with Crippen LogP contribution in [0.3, 0.4) is 0 Å². The maximum atomic E-state index is 12.9. The van der Waals surface area contributed by atoms with E-state index in [2.05, 4.69) is 0 Å². The minimum atomic E-state index is -4.38. The molecular formula is C17H25F3N2O2. The molecule has 2 aliphatic carbocycles. The van der Waals surface area contributed by atoms with Crippen LogP contribution in [0.25, 0.3) is 0 Å². The van der Waals surface area contributed by atoms with E-state index >= 15 is 0 Å². The zero-order valence-electron chi connectivity index (χ0n) is 13.9. The number of rotatable bonds is 5. The van der Waals surface area contributed by atoms with E-state index in [4.69, 9.17) is 0 Å². The molecular weight excluding hydrogens is 321 g/mol. The molecule has 2 amide bonds. The monoisotopic (exact) mass is 346 g/mol. The minimum absolute atomic E-state index is 0.0777. The zero-order valence-corrected chi connectivity index (χ0v) is 13.9. The van der Waals surface area contributed by atoms with Crippen LogP contribution in [-0.2, 0) is 9.59 Å². The summed E-state index contributed by atoms with van der Waals surface area (Å²) in [5.41, 5.74) is 0. The number of amides is 2. The summed E-state index contributed by atoms with van der Waals surface area (Å²) in [6.45, 7) is -0.0605. The molecule has 0 aromatic carbocycles. The van der Waals surface area contributed by atoms with Gasteiger partial charge >= 0.3 is 6.18 Å². The Labute approximate surface area is 140 Å². The van der Waals surface area contributed by atoms with Crippen molar-refractivity contribution in [2.24, 2.45) is 17.8 Å². The molecule has 24 heavy (non-hydrogen) atoms. The second-order valence-corrected chi connectivity index (χ2v) is 7.53. The number of halogens is 3. The van der Waals surface area contributed by atoms with E-state index < -0.39 is 24.5 Å². The third kappa shape index (κ3) is 4.42. The highest BCUT2D eigenvalue weighted by Crippen LogP contribution is 2.33. The Kier molecular flexibility index (Phi) is 5.06. The zero-order chi connectivity index (χ0) is 17.3. The van der Waals surface area contributed by atoms with Crippen molar-refractivity contribution >= 4 is 11.8 Å². The lowest BCUT2D eigenvalue weighted by Gasteiger charge is -2.38. The van der Waals surface area contributed by atoms with Crippen molar-refractivity contribution in [1.29, 1.82) is 0 Å². The first-order valence-electron chi connectivity index (χ1n) is 8.98. The first-order valence-corrected chi connectivity index (χ1v) is 8.98. The maximum Gasteiger partial charge on any atom is 0.406 e. The van der Waals surface area contributed by atoms with Crippen molar-refractivity contribution in [3.8, 4) is 0 Å². The quantitative estimate of drug-likeness (QED) is 0.768. The first-order chi connectivity index (χ1) is 11.3. The fourth-order valence-electron chi connectivity index (χ4n) is 3.66. The van der Waals surface area contributed by atoms with Gasteiger partial charge in [0.2, 0.25) is 11.8 Å². The van der Waals surface area contributed by atoms with Crippen LogP contribution >= 0.6 is 0 Å². The molecule has 4 nitrogen and oxygen atoms in total. The number of nitrogens with zero attached hydrogens (tertiary/aromatic N) is 2. The van der Waals surface area contributed by atoms with Crippen LogP contribution in [0, 0.1) is 17.8 Å². The molecule has 0 N–H and O–H groups in total. The molecule has 7 heteroatoms. The lowest BCUT2D eigenvalue weighted by Crippen LogP contribution is -2.50. The second-order valence-electron chi connectivity index (χ2n) is 7.53. The largest absolute Gasteiger partial charge is 0.406 e. The van der Waals surface area contributed by atoms with Crippen molar-refractivity contribution in [3.05, 3.63) is 0 Å². The van der Waals surface area contributed by atoms with Crippen LogP contribution < -0.4 is 0 Å². The van der Waals surface area contributed by atoms with Gasteiger partial charge in [0.25, 0.3) is 0 Å². The standard InChI is InChI=1S/C17H25F3N2O2/c18-17(19,20)11-22(9-12-3-1-4-12)16(24)14-5-2-8-21(10-14)15(23)13-6-7-13/h12-14H,1-11H2/t14-/m0/s1. The molecule has 1 saturated heterocycles. The summed E-state index contributed by atoms with van der Waals surface area (Å²) >= 11 is 0. The molecule has 1 atom stereocenters. The van der Waals surface area contributed by atoms with Gasteiger partial charge in [0.1, 0.15) is 6.54 Å². The second kappa shape index (κ2) is 6.92. The summed E-state index contributed by atoms with van der Waals surface area (Å²) in [4.78, 5) is 27.6. The van der Waals surface area contributed by atoms with Crippen LogP contribution in [0.15, 0.2) is 0 Å². The van der Waals surface area contributed by atoms with Gasteiger partial charge in [0, 0.05) is 25.6 Å². The molecule has 0 spiro atoms. The van der Waals surface area contributed by atoms with Gasteiger partial charge in [-0.05, 0) is 44.4 Å². The van der Waals surface area contributed by atoms with Crippen molar-refractivity contribution in [2.75, 3.05) is 26.2 Å². The number of hydrogen-bond donors (Lipinski definition) is 0. The van der Waals surface area contributed by atoms with E-state index in [0.29, 0.717) is 19.4 Å². The highest BCUT2D eigenvalue weighted by Gasteiger charge is 2.40. The van der Waals surface area contributed by atoms with Crippen molar-refractivity contribution in [3.63, 3.8) is 0 Å². The van der Waals surface area contributed by atoms with E-state index in [-0.39, 0.29) is 30.8 Å². The highest BCUT2D eigenvalue weighted by molar-refractivity contribution is 5.83. The molecule has 3 fully saturated rings. The average Bonchev–Trinajstić information content (AvgIpc) is 3.32. The van der Waals surface area contributed by atoms with E-state index in [1.165, 1.54) is 0 Å². The molecule has 1 heterocycles. The molecule has 1 aliphatic heterocycles. The average molecular weight is 346 g/mol. The Morgan fingerprint density at radius 2 is 1.71 bits per heavy atom. The Balaban J connectivity index is 1.62. The van der Waals surface area contributed by atoms with Crippen molar-refractivity contribution in [2.45, 2.75) is 51.1 Å². The van der Waals surface area contributed by atoms with Crippen LogP contribution in [0.1, 0.15) is 44.9 Å². The molecule has 0 radical (unpaired) electrons. The summed E-state index contributed by atoms with van der Waals surface area (Å²) in [5.74, 6) is -0.547. The molecule has 136 valence electrons. The number of hydrogen-bond acceptors (Lipinski definition) is 2. The van der Waals surface area contributed by atoms with Crippen LogP contribution in [0.5, 0.6) is 0 Å². The van der Waals surface area contributed by atoms with E-state index in [0.717, 1.165) is 37.0 Å². The summed E-state index contributed by atoms with van der Waals surface area (Å²) in [6, 6.07) is 0. The van der Waals surface area contributed by atoms with Gasteiger partial charge in [-0.2, -0.15) is 13.2 Å². The predicted octanol–water partition coefficient (Wildman–Crippen LogP) is 2.83. The van der Waals surface area contributed by atoms with Gasteiger partial charge in [-0.15, -0.1) is 0 Å². The third-order valence-electron chi connectivity index (χ3n) is 5.39. The lowest BCUT2D eigenvalue weighted by molar-refractivity contribution is -0.167. The molecule has 0 unspecified atom stereocenters. The maximum absolute atomic E-state index is 12.9. The number of carbonyl (C=O) groups excluding carboxylic acids is 2. The van der Waals surface area contributed by atoms with Crippen LogP contribution in [-0.4, -0.2) is 54.0 Å². The van der Waals surface area contributed by atoms with Gasteiger partial charge in [-0.3, -0.25) is 9.59 Å². The summed E-state index contributed by atoms with van der Waals surface area (Å²) < 4.78 is 38.6. The highest BCUT2D eigenvalue weighted by atomic mass is 19.4. The fourth-order valence-corrected chi connectivity index (χ4v) is 3.66. The SMILES string of the molecule is O=C(C1CC1)N1CCC[C@H](C(=O)N(CC2CCC2)CC(F)(F)F)C1. The van der Waals surface area contributed by atoms with Gasteiger partial charge < -0.3 is 9.80 Å². The molecule has 3 aliphatic rings. The first kappa shape index (κ1) is 17.5. The fraction of sp³-hybridized carbons (Fsp3) is 0.882.